The fourth-order valence-corrected chi connectivity index (χ4v) is 2.33. The Morgan fingerprint density at radius 1 is 1.05 bits per heavy atom. The van der Waals surface area contributed by atoms with E-state index in [-0.39, 0.29) is 0 Å². The minimum Gasteiger partial charge on any atom is -0.494 e. The zero-order valence-electron chi connectivity index (χ0n) is 12.1. The Morgan fingerprint density at radius 2 is 1.85 bits per heavy atom. The molecule has 0 aliphatic rings. The summed E-state index contributed by atoms with van der Waals surface area (Å²) < 4.78 is 5.69. The molecule has 2 nitrogen and oxygen atoms in total. The van der Waals surface area contributed by atoms with E-state index in [1.807, 2.05) is 12.1 Å². The molecule has 2 N–H and O–H groups in total. The van der Waals surface area contributed by atoms with E-state index in [9.17, 15) is 0 Å². The second kappa shape index (κ2) is 7.71. The van der Waals surface area contributed by atoms with Gasteiger partial charge in [0.15, 0.2) is 0 Å². The third kappa shape index (κ3) is 4.10. The number of hydrogen-bond acceptors (Lipinski definition) is 2. The molecule has 106 valence electrons. The molecule has 0 aliphatic carbocycles. The van der Waals surface area contributed by atoms with Gasteiger partial charge >= 0.3 is 0 Å². The highest BCUT2D eigenvalue weighted by molar-refractivity contribution is 5.31. The molecule has 0 aromatic heterocycles. The van der Waals surface area contributed by atoms with Crippen LogP contribution in [0.25, 0.3) is 0 Å². The summed E-state index contributed by atoms with van der Waals surface area (Å²) in [4.78, 5) is 0. The Bertz CT molecular complexity index is 510. The summed E-state index contributed by atoms with van der Waals surface area (Å²) in [5.74, 6) is 1.31. The van der Waals surface area contributed by atoms with E-state index in [0.29, 0.717) is 12.5 Å². The zero-order valence-corrected chi connectivity index (χ0v) is 12.1. The molecule has 2 rings (SSSR count). The number of benzene rings is 2. The molecule has 0 amide bonds. The second-order valence-corrected chi connectivity index (χ2v) is 5.04. The lowest BCUT2D eigenvalue weighted by atomic mass is 9.92. The monoisotopic (exact) mass is 269 g/mol. The first-order valence-corrected chi connectivity index (χ1v) is 7.30. The first-order valence-electron chi connectivity index (χ1n) is 7.30. The van der Waals surface area contributed by atoms with Gasteiger partial charge in [0, 0.05) is 5.92 Å². The summed E-state index contributed by atoms with van der Waals surface area (Å²) in [6.07, 6.45) is 1.98. The van der Waals surface area contributed by atoms with Gasteiger partial charge in [0.25, 0.3) is 0 Å². The third-order valence-corrected chi connectivity index (χ3v) is 3.41. The van der Waals surface area contributed by atoms with Gasteiger partial charge in [0.2, 0.25) is 0 Å². The number of ether oxygens (including phenoxy) is 1. The highest BCUT2D eigenvalue weighted by Gasteiger charge is 2.10. The maximum absolute atomic E-state index is 5.94. The number of rotatable bonds is 7. The van der Waals surface area contributed by atoms with Crippen LogP contribution in [0.2, 0.25) is 0 Å². The molecule has 20 heavy (non-hydrogen) atoms. The topological polar surface area (TPSA) is 35.2 Å². The molecule has 2 aromatic carbocycles. The van der Waals surface area contributed by atoms with Crippen LogP contribution in [0.4, 0.5) is 0 Å². The normalized spacial score (nSPS) is 12.1. The Labute approximate surface area is 121 Å². The van der Waals surface area contributed by atoms with Gasteiger partial charge < -0.3 is 10.5 Å². The molecule has 0 saturated heterocycles. The lowest BCUT2D eigenvalue weighted by Crippen LogP contribution is -2.15. The van der Waals surface area contributed by atoms with Crippen molar-refractivity contribution in [2.75, 3.05) is 13.2 Å². The highest BCUT2D eigenvalue weighted by Crippen LogP contribution is 2.22. The van der Waals surface area contributed by atoms with Crippen molar-refractivity contribution in [1.29, 1.82) is 0 Å². The van der Waals surface area contributed by atoms with Crippen LogP contribution in [0.15, 0.2) is 54.6 Å². The predicted molar refractivity (Wildman–Crippen MR) is 84.2 cm³/mol. The molecular formula is C18H23NO. The van der Waals surface area contributed by atoms with Gasteiger partial charge in [-0.15, -0.1) is 0 Å². The number of hydrogen-bond donors (Lipinski definition) is 1. The molecule has 1 unspecified atom stereocenters. The van der Waals surface area contributed by atoms with Gasteiger partial charge in [0.1, 0.15) is 5.75 Å². The smallest absolute Gasteiger partial charge is 0.119 e. The fourth-order valence-electron chi connectivity index (χ4n) is 2.33. The minimum atomic E-state index is 0.359. The van der Waals surface area contributed by atoms with Crippen LogP contribution < -0.4 is 10.5 Å². The molecule has 0 aliphatic heterocycles. The fraction of sp³-hybridized carbons (Fsp3) is 0.333. The molecule has 0 fully saturated rings. The summed E-state index contributed by atoms with van der Waals surface area (Å²) in [5, 5.41) is 0. The molecule has 0 bridgehead atoms. The largest absolute Gasteiger partial charge is 0.494 e. The zero-order chi connectivity index (χ0) is 14.2. The van der Waals surface area contributed by atoms with Crippen molar-refractivity contribution >= 4 is 0 Å². The Balaban J connectivity index is 2.07. The summed E-state index contributed by atoms with van der Waals surface area (Å²) in [6, 6.07) is 18.8. The van der Waals surface area contributed by atoms with Crippen molar-refractivity contribution in [3.63, 3.8) is 0 Å². The van der Waals surface area contributed by atoms with Gasteiger partial charge in [-0.3, -0.25) is 0 Å². The molecule has 0 heterocycles. The first-order chi connectivity index (χ1) is 9.83. The molecule has 0 saturated carbocycles. The lowest BCUT2D eigenvalue weighted by Gasteiger charge is -2.16. The van der Waals surface area contributed by atoms with Crippen LogP contribution in [0.1, 0.15) is 30.4 Å². The summed E-state index contributed by atoms with van der Waals surface area (Å²) in [6.45, 7) is 3.54. The van der Waals surface area contributed by atoms with Gasteiger partial charge in [-0.2, -0.15) is 0 Å². The Kier molecular flexibility index (Phi) is 5.63. The Morgan fingerprint density at radius 3 is 2.55 bits per heavy atom. The standard InChI is InChI=1S/C18H23NO/c1-2-11-20-18-10-6-7-15(13-18)12-17(14-19)16-8-4-3-5-9-16/h3-10,13,17H,2,11-12,14,19H2,1H3. The van der Waals surface area contributed by atoms with Crippen LogP contribution >= 0.6 is 0 Å². The maximum Gasteiger partial charge on any atom is 0.119 e. The Hall–Kier alpha value is -1.80. The van der Waals surface area contributed by atoms with Gasteiger partial charge in [-0.1, -0.05) is 49.4 Å². The maximum atomic E-state index is 5.94. The van der Waals surface area contributed by atoms with E-state index in [0.717, 1.165) is 25.2 Å². The summed E-state index contributed by atoms with van der Waals surface area (Å²) in [5.41, 5.74) is 8.52. The van der Waals surface area contributed by atoms with Crippen molar-refractivity contribution in [3.05, 3.63) is 65.7 Å². The van der Waals surface area contributed by atoms with E-state index in [1.54, 1.807) is 0 Å². The lowest BCUT2D eigenvalue weighted by molar-refractivity contribution is 0.317. The molecule has 1 atom stereocenters. The van der Waals surface area contributed by atoms with E-state index >= 15 is 0 Å². The molecule has 0 radical (unpaired) electrons. The SMILES string of the molecule is CCCOc1cccc(CC(CN)c2ccccc2)c1. The first kappa shape index (κ1) is 14.6. The van der Waals surface area contributed by atoms with E-state index in [4.69, 9.17) is 10.5 Å². The molecule has 2 heteroatoms. The van der Waals surface area contributed by atoms with Crippen molar-refractivity contribution in [2.45, 2.75) is 25.7 Å². The van der Waals surface area contributed by atoms with E-state index < -0.39 is 0 Å². The average molecular weight is 269 g/mol. The minimum absolute atomic E-state index is 0.359. The molecular weight excluding hydrogens is 246 g/mol. The summed E-state index contributed by atoms with van der Waals surface area (Å²) >= 11 is 0. The van der Waals surface area contributed by atoms with Gasteiger partial charge in [-0.25, -0.2) is 0 Å². The van der Waals surface area contributed by atoms with Crippen molar-refractivity contribution < 1.29 is 4.74 Å². The van der Waals surface area contributed by atoms with Gasteiger partial charge in [-0.05, 0) is 42.6 Å². The van der Waals surface area contributed by atoms with Gasteiger partial charge in [0.05, 0.1) is 6.61 Å². The average Bonchev–Trinajstić information content (AvgIpc) is 2.52. The van der Waals surface area contributed by atoms with Crippen molar-refractivity contribution in [3.8, 4) is 5.75 Å². The second-order valence-electron chi connectivity index (χ2n) is 5.04. The molecule has 0 spiro atoms. The van der Waals surface area contributed by atoms with Crippen molar-refractivity contribution in [1.82, 2.24) is 0 Å². The van der Waals surface area contributed by atoms with E-state index in [2.05, 4.69) is 49.4 Å². The third-order valence-electron chi connectivity index (χ3n) is 3.41. The number of nitrogens with two attached hydrogens (primary N) is 1. The van der Waals surface area contributed by atoms with Crippen LogP contribution in [0.5, 0.6) is 5.75 Å². The van der Waals surface area contributed by atoms with Crippen LogP contribution in [0.3, 0.4) is 0 Å². The van der Waals surface area contributed by atoms with E-state index in [1.165, 1.54) is 11.1 Å². The quantitative estimate of drug-likeness (QED) is 0.830. The molecule has 2 aromatic rings. The van der Waals surface area contributed by atoms with Crippen LogP contribution in [0, 0.1) is 0 Å². The predicted octanol–water partition coefficient (Wildman–Crippen LogP) is 3.76. The van der Waals surface area contributed by atoms with Crippen molar-refractivity contribution in [2.24, 2.45) is 5.73 Å². The summed E-state index contributed by atoms with van der Waals surface area (Å²) in [7, 11) is 0. The van der Waals surface area contributed by atoms with Crippen LogP contribution in [-0.4, -0.2) is 13.2 Å². The highest BCUT2D eigenvalue weighted by atomic mass is 16.5. The van der Waals surface area contributed by atoms with Crippen LogP contribution in [-0.2, 0) is 6.42 Å².